The van der Waals surface area contributed by atoms with Gasteiger partial charge in [0.05, 0.1) is 0 Å². The highest BCUT2D eigenvalue weighted by atomic mass is 16.5. The van der Waals surface area contributed by atoms with E-state index < -0.39 is 12.2 Å². The maximum atomic E-state index is 11.7. The molecule has 1 fully saturated rings. The molecule has 1 heterocycles. The third-order valence-electron chi connectivity index (χ3n) is 3.23. The molecule has 6 nitrogen and oxygen atoms in total. The zero-order valence-electron chi connectivity index (χ0n) is 11.1. The Morgan fingerprint density at radius 3 is 2.80 bits per heavy atom. The standard InChI is InChI=1S/C14H18N2O4/c17-13(20-10-11-5-2-1-3-6-11)15-12-7-4-8-16(9-12)14(18)19/h1-3,5-6,12H,4,7-10H2,(H,15,17)(H,18,19)/t12-/m1/s1. The minimum absolute atomic E-state index is 0.178. The van der Waals surface area contributed by atoms with E-state index in [-0.39, 0.29) is 12.6 Å². The third-order valence-corrected chi connectivity index (χ3v) is 3.23. The van der Waals surface area contributed by atoms with Gasteiger partial charge in [-0.2, -0.15) is 0 Å². The molecule has 1 aliphatic rings. The highest BCUT2D eigenvalue weighted by Gasteiger charge is 2.24. The average molecular weight is 278 g/mol. The molecule has 2 rings (SSSR count). The number of carboxylic acid groups (broad SMARTS) is 1. The fourth-order valence-electron chi connectivity index (χ4n) is 2.20. The highest BCUT2D eigenvalue weighted by Crippen LogP contribution is 2.10. The molecular formula is C14H18N2O4. The number of carbonyl (C=O) groups excluding carboxylic acids is 1. The molecule has 1 aromatic rings. The van der Waals surface area contributed by atoms with Crippen molar-refractivity contribution < 1.29 is 19.4 Å². The zero-order chi connectivity index (χ0) is 14.4. The number of nitrogens with one attached hydrogen (secondary N) is 1. The van der Waals surface area contributed by atoms with Crippen molar-refractivity contribution in [2.24, 2.45) is 0 Å². The van der Waals surface area contributed by atoms with E-state index in [4.69, 9.17) is 9.84 Å². The Hall–Kier alpha value is -2.24. The normalized spacial score (nSPS) is 18.4. The molecule has 0 aromatic heterocycles. The molecule has 1 aliphatic heterocycles. The highest BCUT2D eigenvalue weighted by molar-refractivity contribution is 5.68. The molecule has 2 amide bonds. The van der Waals surface area contributed by atoms with Gasteiger partial charge in [0, 0.05) is 19.1 Å². The van der Waals surface area contributed by atoms with Crippen LogP contribution < -0.4 is 5.32 Å². The molecule has 1 saturated heterocycles. The van der Waals surface area contributed by atoms with E-state index in [9.17, 15) is 9.59 Å². The minimum atomic E-state index is -0.950. The molecule has 2 N–H and O–H groups in total. The zero-order valence-corrected chi connectivity index (χ0v) is 11.1. The Morgan fingerprint density at radius 1 is 1.35 bits per heavy atom. The molecule has 0 unspecified atom stereocenters. The van der Waals surface area contributed by atoms with E-state index in [0.717, 1.165) is 18.4 Å². The quantitative estimate of drug-likeness (QED) is 0.887. The summed E-state index contributed by atoms with van der Waals surface area (Å²) in [7, 11) is 0. The fourth-order valence-corrected chi connectivity index (χ4v) is 2.20. The Balaban J connectivity index is 1.75. The minimum Gasteiger partial charge on any atom is -0.465 e. The summed E-state index contributed by atoms with van der Waals surface area (Å²) >= 11 is 0. The van der Waals surface area contributed by atoms with Crippen molar-refractivity contribution in [1.29, 1.82) is 0 Å². The van der Waals surface area contributed by atoms with Crippen LogP contribution in [0.1, 0.15) is 18.4 Å². The lowest BCUT2D eigenvalue weighted by molar-refractivity contribution is 0.112. The molecular weight excluding hydrogens is 260 g/mol. The number of carbonyl (C=O) groups is 2. The summed E-state index contributed by atoms with van der Waals surface area (Å²) in [5.41, 5.74) is 0.915. The number of likely N-dealkylation sites (tertiary alicyclic amines) is 1. The van der Waals surface area contributed by atoms with Gasteiger partial charge < -0.3 is 20.1 Å². The molecule has 20 heavy (non-hydrogen) atoms. The summed E-state index contributed by atoms with van der Waals surface area (Å²) in [5.74, 6) is 0. The number of benzene rings is 1. The summed E-state index contributed by atoms with van der Waals surface area (Å²) in [6, 6.07) is 9.22. The van der Waals surface area contributed by atoms with Crippen LogP contribution in [0.4, 0.5) is 9.59 Å². The van der Waals surface area contributed by atoms with E-state index >= 15 is 0 Å². The summed E-state index contributed by atoms with van der Waals surface area (Å²) in [5, 5.41) is 11.6. The second-order valence-electron chi connectivity index (χ2n) is 4.77. The van der Waals surface area contributed by atoms with Gasteiger partial charge in [0.1, 0.15) is 6.61 Å². The SMILES string of the molecule is O=C(N[C@@H]1CCCN(C(=O)O)C1)OCc1ccccc1. The topological polar surface area (TPSA) is 78.9 Å². The van der Waals surface area contributed by atoms with Crippen LogP contribution in [-0.4, -0.2) is 41.3 Å². The Kier molecular flexibility index (Phi) is 4.81. The first-order valence-corrected chi connectivity index (χ1v) is 6.60. The number of alkyl carbamates (subject to hydrolysis) is 1. The predicted molar refractivity (Wildman–Crippen MR) is 72.4 cm³/mol. The van der Waals surface area contributed by atoms with Gasteiger partial charge >= 0.3 is 12.2 Å². The van der Waals surface area contributed by atoms with Crippen molar-refractivity contribution in [3.05, 3.63) is 35.9 Å². The van der Waals surface area contributed by atoms with Crippen LogP contribution in [-0.2, 0) is 11.3 Å². The Bertz CT molecular complexity index is 464. The van der Waals surface area contributed by atoms with E-state index in [0.29, 0.717) is 13.1 Å². The summed E-state index contributed by atoms with van der Waals surface area (Å²) in [6.45, 7) is 1.05. The first-order valence-electron chi connectivity index (χ1n) is 6.60. The van der Waals surface area contributed by atoms with Crippen LogP contribution in [0.2, 0.25) is 0 Å². The fraction of sp³-hybridized carbons (Fsp3) is 0.429. The van der Waals surface area contributed by atoms with E-state index in [1.807, 2.05) is 30.3 Å². The lowest BCUT2D eigenvalue weighted by Gasteiger charge is -2.30. The van der Waals surface area contributed by atoms with Crippen molar-refractivity contribution in [1.82, 2.24) is 10.2 Å². The van der Waals surface area contributed by atoms with Crippen molar-refractivity contribution in [3.8, 4) is 0 Å². The van der Waals surface area contributed by atoms with Crippen LogP contribution in [0.5, 0.6) is 0 Å². The van der Waals surface area contributed by atoms with Crippen LogP contribution in [0, 0.1) is 0 Å². The molecule has 0 bridgehead atoms. The maximum absolute atomic E-state index is 11.7. The second kappa shape index (κ2) is 6.79. The molecule has 6 heteroatoms. The monoisotopic (exact) mass is 278 g/mol. The summed E-state index contributed by atoms with van der Waals surface area (Å²) in [6.07, 6.45) is 0.0559. The summed E-state index contributed by atoms with van der Waals surface area (Å²) in [4.78, 5) is 23.9. The molecule has 0 saturated carbocycles. The maximum Gasteiger partial charge on any atom is 0.407 e. The van der Waals surface area contributed by atoms with Gasteiger partial charge in [-0.05, 0) is 18.4 Å². The number of amides is 2. The van der Waals surface area contributed by atoms with Gasteiger partial charge in [-0.1, -0.05) is 30.3 Å². The molecule has 0 spiro atoms. The Labute approximate surface area is 117 Å². The largest absolute Gasteiger partial charge is 0.465 e. The predicted octanol–water partition coefficient (Wildman–Crippen LogP) is 2.06. The number of hydrogen-bond donors (Lipinski definition) is 2. The molecule has 1 aromatic carbocycles. The van der Waals surface area contributed by atoms with Gasteiger partial charge in [-0.25, -0.2) is 9.59 Å². The number of ether oxygens (including phenoxy) is 1. The van der Waals surface area contributed by atoms with E-state index in [2.05, 4.69) is 5.32 Å². The number of hydrogen-bond acceptors (Lipinski definition) is 3. The number of nitrogens with zero attached hydrogens (tertiary/aromatic N) is 1. The number of rotatable bonds is 3. The first-order chi connectivity index (χ1) is 9.65. The van der Waals surface area contributed by atoms with Crippen molar-refractivity contribution in [2.45, 2.75) is 25.5 Å². The molecule has 108 valence electrons. The molecule has 0 radical (unpaired) electrons. The lowest BCUT2D eigenvalue weighted by atomic mass is 10.1. The van der Waals surface area contributed by atoms with Crippen LogP contribution in [0.3, 0.4) is 0 Å². The van der Waals surface area contributed by atoms with Gasteiger partial charge in [-0.15, -0.1) is 0 Å². The average Bonchev–Trinajstić information content (AvgIpc) is 2.46. The van der Waals surface area contributed by atoms with Crippen molar-refractivity contribution in [3.63, 3.8) is 0 Å². The smallest absolute Gasteiger partial charge is 0.407 e. The first kappa shape index (κ1) is 14.2. The van der Waals surface area contributed by atoms with Gasteiger partial charge in [0.2, 0.25) is 0 Å². The van der Waals surface area contributed by atoms with Gasteiger partial charge in [-0.3, -0.25) is 0 Å². The van der Waals surface area contributed by atoms with Crippen molar-refractivity contribution in [2.75, 3.05) is 13.1 Å². The summed E-state index contributed by atoms with van der Waals surface area (Å²) < 4.78 is 5.11. The van der Waals surface area contributed by atoms with Gasteiger partial charge in [0.25, 0.3) is 0 Å². The van der Waals surface area contributed by atoms with Crippen LogP contribution >= 0.6 is 0 Å². The Morgan fingerprint density at radius 2 is 2.10 bits per heavy atom. The molecule has 0 aliphatic carbocycles. The van der Waals surface area contributed by atoms with Crippen LogP contribution in [0.15, 0.2) is 30.3 Å². The number of piperidine rings is 1. The van der Waals surface area contributed by atoms with Crippen molar-refractivity contribution >= 4 is 12.2 Å². The lowest BCUT2D eigenvalue weighted by Crippen LogP contribution is -2.49. The van der Waals surface area contributed by atoms with E-state index in [1.54, 1.807) is 0 Å². The van der Waals surface area contributed by atoms with E-state index in [1.165, 1.54) is 4.90 Å². The van der Waals surface area contributed by atoms with Gasteiger partial charge in [0.15, 0.2) is 0 Å². The third kappa shape index (κ3) is 4.15. The second-order valence-corrected chi connectivity index (χ2v) is 4.77. The molecule has 1 atom stereocenters. The van der Waals surface area contributed by atoms with Crippen LogP contribution in [0.25, 0.3) is 0 Å².